The van der Waals surface area contributed by atoms with Crippen LogP contribution >= 0.6 is 57.7 Å². The largest absolute Gasteiger partial charge is 0.493 e. The summed E-state index contributed by atoms with van der Waals surface area (Å²) in [7, 11) is 1.39. The van der Waals surface area contributed by atoms with E-state index in [2.05, 4.69) is 6.92 Å². The first-order chi connectivity index (χ1) is 15.8. The lowest BCUT2D eigenvalue weighted by atomic mass is 9.90. The zero-order valence-corrected chi connectivity index (χ0v) is 22.6. The van der Waals surface area contributed by atoms with Crippen molar-refractivity contribution in [3.05, 3.63) is 50.7 Å². The summed E-state index contributed by atoms with van der Waals surface area (Å²) in [5, 5.41) is 11.3. The summed E-state index contributed by atoms with van der Waals surface area (Å²) < 4.78 is 10.8. The highest BCUT2D eigenvalue weighted by Gasteiger charge is 2.41. The molecule has 9 heteroatoms. The van der Waals surface area contributed by atoms with Crippen LogP contribution in [-0.4, -0.2) is 41.6 Å². The van der Waals surface area contributed by atoms with Gasteiger partial charge in [-0.3, -0.25) is 0 Å². The van der Waals surface area contributed by atoms with E-state index in [0.717, 1.165) is 41.9 Å². The highest BCUT2D eigenvalue weighted by Crippen LogP contribution is 2.40. The van der Waals surface area contributed by atoms with E-state index in [4.69, 9.17) is 55.9 Å². The molecule has 1 saturated carbocycles. The second-order valence-electron chi connectivity index (χ2n) is 7.86. The average molecular weight is 556 g/mol. The Hall–Kier alpha value is -0.690. The predicted molar refractivity (Wildman–Crippen MR) is 139 cm³/mol. The number of rotatable bonds is 9. The van der Waals surface area contributed by atoms with Gasteiger partial charge in [-0.2, -0.15) is 0 Å². The normalized spacial score (nSPS) is 21.9. The molecule has 0 radical (unpaired) electrons. The first kappa shape index (κ1) is 28.5. The first-order valence-electron chi connectivity index (χ1n) is 10.9. The topological polar surface area (TPSA) is 55.8 Å². The van der Waals surface area contributed by atoms with Crippen LogP contribution in [-0.2, 0) is 17.6 Å². The number of aliphatic hydroxyl groups is 1. The number of hydrogen-bond acceptors (Lipinski definition) is 5. The number of ether oxygens (including phenoxy) is 2. The minimum absolute atomic E-state index is 0.00877. The second-order valence-corrected chi connectivity index (χ2v) is 10.8. The maximum Gasteiger partial charge on any atom is 0.348 e. The van der Waals surface area contributed by atoms with Gasteiger partial charge in [0.2, 0.25) is 0 Å². The minimum atomic E-state index is -0.463. The molecule has 0 saturated heterocycles. The molecule has 1 aliphatic rings. The molecule has 2 aromatic rings. The van der Waals surface area contributed by atoms with Crippen molar-refractivity contribution in [3.8, 4) is 5.75 Å². The molecule has 0 spiro atoms. The van der Waals surface area contributed by atoms with E-state index in [9.17, 15) is 9.90 Å². The van der Waals surface area contributed by atoms with Gasteiger partial charge in [0.1, 0.15) is 10.6 Å². The summed E-state index contributed by atoms with van der Waals surface area (Å²) in [5.74, 6) is 0.616. The van der Waals surface area contributed by atoms with Crippen molar-refractivity contribution >= 4 is 63.7 Å². The molecule has 1 unspecified atom stereocenters. The number of benzene rings is 1. The van der Waals surface area contributed by atoms with Gasteiger partial charge in [-0.1, -0.05) is 18.5 Å². The van der Waals surface area contributed by atoms with Crippen LogP contribution in [0.5, 0.6) is 5.75 Å². The minimum Gasteiger partial charge on any atom is -0.493 e. The molecule has 1 aromatic heterocycles. The SMILES string of the molecule is CCc1cc(Cl)cc(OC[C@@H]2C(CCCc3ccc(C(=O)OC)s3)[C@H](Cl)C[C@H]2O)c1.ClCCl. The van der Waals surface area contributed by atoms with Gasteiger partial charge in [-0.05, 0) is 73.9 Å². The smallest absolute Gasteiger partial charge is 0.348 e. The van der Waals surface area contributed by atoms with Crippen LogP contribution in [0.25, 0.3) is 0 Å². The standard InChI is InChI=1S/C23H28Cl2O4S.CH2Cl2/c1-3-14-9-15(24)11-16(10-14)29-13-19-18(20(25)12-21(19)26)6-4-5-17-7-8-22(30-17)23(27)28-2;2-1-3/h7-11,18-21,26H,3-6,12-13H2,1-2H3;1H2/t18?,19-,20-,21-;/m1./s1. The van der Waals surface area contributed by atoms with Crippen LogP contribution in [0.3, 0.4) is 0 Å². The van der Waals surface area contributed by atoms with Crippen molar-refractivity contribution in [2.24, 2.45) is 11.8 Å². The first-order valence-corrected chi connectivity index (χ1v) is 13.6. The molecule has 1 N–H and O–H groups in total. The number of aryl methyl sites for hydroxylation is 2. The molecule has 3 rings (SSSR count). The number of esters is 1. The van der Waals surface area contributed by atoms with Crippen molar-refractivity contribution in [3.63, 3.8) is 0 Å². The number of alkyl halides is 3. The molecule has 4 nitrogen and oxygen atoms in total. The Morgan fingerprint density at radius 2 is 1.94 bits per heavy atom. The van der Waals surface area contributed by atoms with Gasteiger partial charge in [-0.25, -0.2) is 4.79 Å². The van der Waals surface area contributed by atoms with E-state index < -0.39 is 6.10 Å². The third-order valence-electron chi connectivity index (χ3n) is 5.77. The van der Waals surface area contributed by atoms with Gasteiger partial charge >= 0.3 is 5.97 Å². The molecule has 33 heavy (non-hydrogen) atoms. The highest BCUT2D eigenvalue weighted by atomic mass is 35.5. The number of aliphatic hydroxyl groups excluding tert-OH is 1. The molecule has 0 amide bonds. The Balaban J connectivity index is 0.00000122. The fourth-order valence-corrected chi connectivity index (χ4v) is 5.81. The van der Waals surface area contributed by atoms with Gasteiger partial charge in [0, 0.05) is 21.2 Å². The van der Waals surface area contributed by atoms with Gasteiger partial charge in [0.15, 0.2) is 0 Å². The second kappa shape index (κ2) is 14.7. The van der Waals surface area contributed by atoms with E-state index >= 15 is 0 Å². The van der Waals surface area contributed by atoms with E-state index in [1.807, 2.05) is 30.3 Å². The van der Waals surface area contributed by atoms with Crippen molar-refractivity contribution in [1.29, 1.82) is 0 Å². The van der Waals surface area contributed by atoms with Gasteiger partial charge in [0.05, 0.1) is 25.2 Å². The number of thiophene rings is 1. The predicted octanol–water partition coefficient (Wildman–Crippen LogP) is 7.18. The van der Waals surface area contributed by atoms with Crippen LogP contribution < -0.4 is 4.74 Å². The number of methoxy groups -OCH3 is 1. The van der Waals surface area contributed by atoms with Crippen LogP contribution in [0.4, 0.5) is 0 Å². The summed E-state index contributed by atoms with van der Waals surface area (Å²) in [6.07, 6.45) is 3.72. The molecule has 1 heterocycles. The van der Waals surface area contributed by atoms with E-state index in [0.29, 0.717) is 22.9 Å². The molecule has 0 bridgehead atoms. The number of hydrogen-bond donors (Lipinski definition) is 1. The van der Waals surface area contributed by atoms with Crippen LogP contribution in [0.2, 0.25) is 5.02 Å². The molecule has 1 fully saturated rings. The van der Waals surface area contributed by atoms with Crippen molar-refractivity contribution in [2.45, 2.75) is 50.5 Å². The summed E-state index contributed by atoms with van der Waals surface area (Å²) in [6.45, 7) is 2.50. The Kier molecular flexibility index (Phi) is 12.7. The maximum atomic E-state index is 11.6. The zero-order chi connectivity index (χ0) is 24.4. The lowest BCUT2D eigenvalue weighted by Gasteiger charge is -2.24. The molecule has 1 aliphatic carbocycles. The lowest BCUT2D eigenvalue weighted by molar-refractivity contribution is 0.0606. The highest BCUT2D eigenvalue weighted by molar-refractivity contribution is 7.13. The van der Waals surface area contributed by atoms with Gasteiger partial charge in [-0.15, -0.1) is 46.1 Å². The van der Waals surface area contributed by atoms with Crippen molar-refractivity contribution in [1.82, 2.24) is 0 Å². The lowest BCUT2D eigenvalue weighted by Crippen LogP contribution is -2.27. The van der Waals surface area contributed by atoms with Crippen LogP contribution in [0.15, 0.2) is 30.3 Å². The Labute approximate surface area is 220 Å². The van der Waals surface area contributed by atoms with Crippen LogP contribution in [0.1, 0.15) is 46.3 Å². The molecular weight excluding hydrogens is 526 g/mol. The molecular formula is C24H30Cl4O4S. The third-order valence-corrected chi connectivity index (χ3v) is 7.61. The number of carbonyl (C=O) groups excluding carboxylic acids is 1. The quantitative estimate of drug-likeness (QED) is 0.263. The molecule has 1 aromatic carbocycles. The fraction of sp³-hybridized carbons (Fsp3) is 0.542. The van der Waals surface area contributed by atoms with E-state index in [1.165, 1.54) is 18.4 Å². The Morgan fingerprint density at radius 3 is 2.61 bits per heavy atom. The zero-order valence-electron chi connectivity index (χ0n) is 18.7. The maximum absolute atomic E-state index is 11.6. The monoisotopic (exact) mass is 554 g/mol. The number of halogens is 4. The van der Waals surface area contributed by atoms with Crippen molar-refractivity contribution < 1.29 is 19.4 Å². The van der Waals surface area contributed by atoms with Gasteiger partial charge in [0.25, 0.3) is 0 Å². The number of carbonyl (C=O) groups is 1. The van der Waals surface area contributed by atoms with E-state index in [1.54, 1.807) is 0 Å². The van der Waals surface area contributed by atoms with Gasteiger partial charge < -0.3 is 14.6 Å². The summed E-state index contributed by atoms with van der Waals surface area (Å²) in [6, 6.07) is 9.53. The van der Waals surface area contributed by atoms with Crippen molar-refractivity contribution in [2.75, 3.05) is 19.1 Å². The third kappa shape index (κ3) is 8.79. The molecule has 4 atom stereocenters. The average Bonchev–Trinajstić information content (AvgIpc) is 3.36. The fourth-order valence-electron chi connectivity index (χ4n) is 4.10. The summed E-state index contributed by atoms with van der Waals surface area (Å²) in [4.78, 5) is 13.4. The van der Waals surface area contributed by atoms with E-state index in [-0.39, 0.29) is 28.5 Å². The Bertz CT molecular complexity index is 876. The summed E-state index contributed by atoms with van der Waals surface area (Å²) in [5.41, 5.74) is 1.12. The van der Waals surface area contributed by atoms with Crippen LogP contribution in [0, 0.1) is 11.8 Å². The Morgan fingerprint density at radius 1 is 1.21 bits per heavy atom. The summed E-state index contributed by atoms with van der Waals surface area (Å²) >= 11 is 23.8. The molecule has 0 aliphatic heterocycles. The molecule has 184 valence electrons.